The molecular weight excluding hydrogens is 434 g/mol. The molecule has 1 N–H and O–H groups in total. The van der Waals surface area contributed by atoms with Crippen LogP contribution in [0.2, 0.25) is 5.02 Å². The summed E-state index contributed by atoms with van der Waals surface area (Å²) in [5, 5.41) is 6.58. The minimum Gasteiger partial charge on any atom is -0.350 e. The van der Waals surface area contributed by atoms with E-state index in [4.69, 9.17) is 11.6 Å². The summed E-state index contributed by atoms with van der Waals surface area (Å²) >= 11 is 5.95. The molecular formula is C22H20ClF4N3O. The van der Waals surface area contributed by atoms with Gasteiger partial charge in [-0.1, -0.05) is 36.7 Å². The molecule has 0 aliphatic carbocycles. The standard InChI is InChI=1S/C22H20ClF4N3O/c1-3-14-7-8-15(9-19(14)24)13(2)21(31)28-12-18-11-20(22(25,26)27)29-30(18)17-6-4-5-16(23)10-17/h4-11,13H,3,12H2,1-2H3,(H,28,31). The van der Waals surface area contributed by atoms with Crippen molar-refractivity contribution >= 4 is 17.5 Å². The number of aromatic nitrogens is 2. The number of alkyl halides is 3. The summed E-state index contributed by atoms with van der Waals surface area (Å²) in [6.07, 6.45) is -4.11. The first-order valence-corrected chi connectivity index (χ1v) is 9.96. The van der Waals surface area contributed by atoms with Crippen LogP contribution in [0.25, 0.3) is 5.69 Å². The maximum Gasteiger partial charge on any atom is 0.435 e. The molecule has 3 aromatic rings. The lowest BCUT2D eigenvalue weighted by atomic mass is 9.98. The van der Waals surface area contributed by atoms with Gasteiger partial charge in [0, 0.05) is 5.02 Å². The minimum absolute atomic E-state index is 0.127. The van der Waals surface area contributed by atoms with Gasteiger partial charge in [0.15, 0.2) is 5.69 Å². The van der Waals surface area contributed by atoms with Crippen LogP contribution in [0.5, 0.6) is 0 Å². The lowest BCUT2D eigenvalue weighted by Crippen LogP contribution is -2.28. The highest BCUT2D eigenvalue weighted by Gasteiger charge is 2.35. The molecule has 0 aliphatic heterocycles. The van der Waals surface area contributed by atoms with Crippen molar-refractivity contribution in [1.82, 2.24) is 15.1 Å². The SMILES string of the molecule is CCc1ccc(C(C)C(=O)NCc2cc(C(F)(F)F)nn2-c2cccc(Cl)c2)cc1F. The molecule has 1 unspecified atom stereocenters. The quantitative estimate of drug-likeness (QED) is 0.489. The van der Waals surface area contributed by atoms with Crippen LogP contribution in [0, 0.1) is 5.82 Å². The van der Waals surface area contributed by atoms with Crippen LogP contribution in [0.3, 0.4) is 0 Å². The monoisotopic (exact) mass is 453 g/mol. The van der Waals surface area contributed by atoms with Gasteiger partial charge in [0.2, 0.25) is 5.91 Å². The Hall–Kier alpha value is -2.87. The lowest BCUT2D eigenvalue weighted by molar-refractivity contribution is -0.141. The summed E-state index contributed by atoms with van der Waals surface area (Å²) in [5.74, 6) is -1.53. The molecule has 4 nitrogen and oxygen atoms in total. The summed E-state index contributed by atoms with van der Waals surface area (Å²) in [6.45, 7) is 3.23. The number of rotatable bonds is 6. The Kier molecular flexibility index (Phi) is 6.69. The molecule has 0 bridgehead atoms. The highest BCUT2D eigenvalue weighted by atomic mass is 35.5. The van der Waals surface area contributed by atoms with E-state index in [0.717, 1.165) is 10.7 Å². The summed E-state index contributed by atoms with van der Waals surface area (Å²) in [4.78, 5) is 12.6. The maximum absolute atomic E-state index is 14.1. The van der Waals surface area contributed by atoms with Gasteiger partial charge in [-0.15, -0.1) is 0 Å². The van der Waals surface area contributed by atoms with E-state index in [0.29, 0.717) is 28.3 Å². The molecule has 0 radical (unpaired) electrons. The van der Waals surface area contributed by atoms with Gasteiger partial charge in [0.25, 0.3) is 0 Å². The Labute approximate surface area is 181 Å². The second-order valence-electron chi connectivity index (χ2n) is 7.05. The van der Waals surface area contributed by atoms with Crippen molar-refractivity contribution in [3.05, 3.63) is 81.9 Å². The molecule has 0 fully saturated rings. The number of amides is 1. The Morgan fingerprint density at radius 2 is 1.94 bits per heavy atom. The molecule has 1 amide bonds. The Morgan fingerprint density at radius 3 is 2.55 bits per heavy atom. The second kappa shape index (κ2) is 9.09. The summed E-state index contributed by atoms with van der Waals surface area (Å²) < 4.78 is 54.7. The maximum atomic E-state index is 14.1. The molecule has 0 saturated carbocycles. The highest BCUT2D eigenvalue weighted by Crippen LogP contribution is 2.30. The number of carbonyl (C=O) groups is 1. The summed E-state index contributed by atoms with van der Waals surface area (Å²) in [5.41, 5.74) is 0.398. The zero-order valence-corrected chi connectivity index (χ0v) is 17.6. The van der Waals surface area contributed by atoms with E-state index in [1.165, 1.54) is 12.1 Å². The Balaban J connectivity index is 1.82. The van der Waals surface area contributed by atoms with E-state index in [9.17, 15) is 22.4 Å². The molecule has 3 rings (SSSR count). The Bertz CT molecular complexity index is 1090. The number of carbonyl (C=O) groups excluding carboxylic acids is 1. The molecule has 0 saturated heterocycles. The average Bonchev–Trinajstić information content (AvgIpc) is 3.16. The van der Waals surface area contributed by atoms with Crippen LogP contribution < -0.4 is 5.32 Å². The van der Waals surface area contributed by atoms with E-state index >= 15 is 0 Å². The van der Waals surface area contributed by atoms with Crippen LogP contribution in [-0.2, 0) is 23.9 Å². The van der Waals surface area contributed by atoms with E-state index < -0.39 is 29.5 Å². The third-order valence-corrected chi connectivity index (χ3v) is 5.16. The van der Waals surface area contributed by atoms with Gasteiger partial charge in [0.1, 0.15) is 5.82 Å². The zero-order valence-electron chi connectivity index (χ0n) is 16.8. The summed E-state index contributed by atoms with van der Waals surface area (Å²) in [7, 11) is 0. The van der Waals surface area contributed by atoms with Crippen molar-refractivity contribution < 1.29 is 22.4 Å². The first-order chi connectivity index (χ1) is 14.6. The number of nitrogens with one attached hydrogen (secondary N) is 1. The predicted molar refractivity (Wildman–Crippen MR) is 110 cm³/mol. The molecule has 0 spiro atoms. The van der Waals surface area contributed by atoms with Gasteiger partial charge in [-0.25, -0.2) is 9.07 Å². The number of aryl methyl sites for hydroxylation is 1. The topological polar surface area (TPSA) is 46.9 Å². The molecule has 1 atom stereocenters. The highest BCUT2D eigenvalue weighted by molar-refractivity contribution is 6.30. The number of nitrogens with zero attached hydrogens (tertiary/aromatic N) is 2. The molecule has 2 aromatic carbocycles. The van der Waals surface area contributed by atoms with Crippen LogP contribution in [-0.4, -0.2) is 15.7 Å². The smallest absolute Gasteiger partial charge is 0.350 e. The van der Waals surface area contributed by atoms with Crippen molar-refractivity contribution in [3.63, 3.8) is 0 Å². The molecule has 9 heteroatoms. The third kappa shape index (κ3) is 5.25. The first-order valence-electron chi connectivity index (χ1n) is 9.58. The van der Waals surface area contributed by atoms with Gasteiger partial charge < -0.3 is 5.32 Å². The van der Waals surface area contributed by atoms with E-state index in [2.05, 4.69) is 10.4 Å². The number of halogens is 5. The van der Waals surface area contributed by atoms with Crippen molar-refractivity contribution in [2.45, 2.75) is 38.9 Å². The van der Waals surface area contributed by atoms with E-state index in [1.54, 1.807) is 37.3 Å². The van der Waals surface area contributed by atoms with Gasteiger partial charge in [-0.3, -0.25) is 4.79 Å². The molecule has 1 aromatic heterocycles. The Morgan fingerprint density at radius 1 is 1.19 bits per heavy atom. The van der Waals surface area contributed by atoms with Gasteiger partial charge >= 0.3 is 6.18 Å². The van der Waals surface area contributed by atoms with Crippen LogP contribution in [0.15, 0.2) is 48.5 Å². The van der Waals surface area contributed by atoms with Crippen LogP contribution >= 0.6 is 11.6 Å². The van der Waals surface area contributed by atoms with Crippen molar-refractivity contribution in [2.75, 3.05) is 0 Å². The van der Waals surface area contributed by atoms with Crippen LogP contribution in [0.1, 0.15) is 42.3 Å². The normalized spacial score (nSPS) is 12.6. The van der Waals surface area contributed by atoms with E-state index in [-0.39, 0.29) is 12.2 Å². The fourth-order valence-electron chi connectivity index (χ4n) is 3.12. The van der Waals surface area contributed by atoms with Crippen molar-refractivity contribution in [2.24, 2.45) is 0 Å². The van der Waals surface area contributed by atoms with E-state index in [1.807, 2.05) is 6.92 Å². The lowest BCUT2D eigenvalue weighted by Gasteiger charge is -2.14. The molecule has 31 heavy (non-hydrogen) atoms. The average molecular weight is 454 g/mol. The minimum atomic E-state index is -4.64. The summed E-state index contributed by atoms with van der Waals surface area (Å²) in [6, 6.07) is 11.7. The second-order valence-corrected chi connectivity index (χ2v) is 7.49. The fraction of sp³-hybridized carbons (Fsp3) is 0.273. The third-order valence-electron chi connectivity index (χ3n) is 4.92. The number of benzene rings is 2. The number of hydrogen-bond acceptors (Lipinski definition) is 2. The molecule has 0 aliphatic rings. The fourth-order valence-corrected chi connectivity index (χ4v) is 3.30. The van der Waals surface area contributed by atoms with Crippen LogP contribution in [0.4, 0.5) is 17.6 Å². The first kappa shape index (κ1) is 22.8. The van der Waals surface area contributed by atoms with Gasteiger partial charge in [0.05, 0.1) is 23.8 Å². The molecule has 1 heterocycles. The number of hydrogen-bond donors (Lipinski definition) is 1. The predicted octanol–water partition coefficient (Wildman–Crippen LogP) is 5.67. The van der Waals surface area contributed by atoms with Gasteiger partial charge in [-0.2, -0.15) is 18.3 Å². The largest absolute Gasteiger partial charge is 0.435 e. The van der Waals surface area contributed by atoms with Crippen molar-refractivity contribution in [1.29, 1.82) is 0 Å². The zero-order chi connectivity index (χ0) is 22.8. The van der Waals surface area contributed by atoms with Crippen molar-refractivity contribution in [3.8, 4) is 5.69 Å². The molecule has 164 valence electrons. The van der Waals surface area contributed by atoms with Gasteiger partial charge in [-0.05, 0) is 54.8 Å².